The number of hydrogen-bond acceptors (Lipinski definition) is 4. The number of amides is 1. The minimum atomic E-state index is -0.622. The number of nitrogens with one attached hydrogen (secondary N) is 1. The van der Waals surface area contributed by atoms with E-state index in [9.17, 15) is 4.79 Å². The lowest BCUT2D eigenvalue weighted by Crippen LogP contribution is -2.45. The summed E-state index contributed by atoms with van der Waals surface area (Å²) in [6.45, 7) is 1.60. The van der Waals surface area contributed by atoms with Crippen molar-refractivity contribution in [2.75, 3.05) is 7.11 Å². The first-order valence-corrected chi connectivity index (χ1v) is 5.40. The molecule has 16 heavy (non-hydrogen) atoms. The number of ether oxygens (including phenoxy) is 1. The summed E-state index contributed by atoms with van der Waals surface area (Å²) < 4.78 is 5.27. The zero-order valence-corrected chi connectivity index (χ0v) is 9.64. The Morgan fingerprint density at radius 3 is 2.88 bits per heavy atom. The van der Waals surface area contributed by atoms with Gasteiger partial charge in [-0.3, -0.25) is 4.79 Å². The van der Waals surface area contributed by atoms with E-state index in [0.717, 1.165) is 19.3 Å². The Bertz CT molecular complexity index is 280. The molecule has 1 aliphatic rings. The van der Waals surface area contributed by atoms with E-state index < -0.39 is 5.92 Å². The van der Waals surface area contributed by atoms with Crippen molar-refractivity contribution in [2.24, 2.45) is 16.8 Å². The van der Waals surface area contributed by atoms with Crippen LogP contribution in [0.3, 0.4) is 0 Å². The summed E-state index contributed by atoms with van der Waals surface area (Å²) in [6, 6.07) is 0.0337. The van der Waals surface area contributed by atoms with Crippen molar-refractivity contribution in [1.82, 2.24) is 5.32 Å². The molecule has 3 atom stereocenters. The Kier molecular flexibility index (Phi) is 4.54. The number of nitrogens with zero attached hydrogens (tertiary/aromatic N) is 1. The molecule has 0 heterocycles. The van der Waals surface area contributed by atoms with Crippen LogP contribution < -0.4 is 11.1 Å². The van der Waals surface area contributed by atoms with Gasteiger partial charge in [-0.15, -0.1) is 0 Å². The van der Waals surface area contributed by atoms with E-state index in [1.165, 1.54) is 0 Å². The number of rotatable bonds is 4. The van der Waals surface area contributed by atoms with Crippen molar-refractivity contribution < 1.29 is 14.7 Å². The first-order valence-electron chi connectivity index (χ1n) is 5.40. The molecule has 6 heteroatoms. The van der Waals surface area contributed by atoms with Crippen LogP contribution in [0.25, 0.3) is 0 Å². The highest BCUT2D eigenvalue weighted by atomic mass is 16.5. The maximum absolute atomic E-state index is 11.7. The van der Waals surface area contributed by atoms with Gasteiger partial charge >= 0.3 is 0 Å². The van der Waals surface area contributed by atoms with E-state index in [1.54, 1.807) is 14.0 Å². The van der Waals surface area contributed by atoms with Crippen LogP contribution in [-0.2, 0) is 9.53 Å². The fraction of sp³-hybridized carbons (Fsp3) is 0.800. The van der Waals surface area contributed by atoms with Crippen LogP contribution in [0.5, 0.6) is 0 Å². The minimum absolute atomic E-state index is 0.0337. The SMILES string of the molecule is COC1CCCC1NC(=O)C(C)C(N)=NO. The van der Waals surface area contributed by atoms with Crippen LogP contribution in [0.15, 0.2) is 5.16 Å². The summed E-state index contributed by atoms with van der Waals surface area (Å²) in [5, 5.41) is 14.2. The van der Waals surface area contributed by atoms with Crippen LogP contribution in [0.4, 0.5) is 0 Å². The van der Waals surface area contributed by atoms with Gasteiger partial charge in [0.05, 0.1) is 18.1 Å². The summed E-state index contributed by atoms with van der Waals surface area (Å²) in [6.07, 6.45) is 2.98. The molecule has 92 valence electrons. The molecule has 1 aliphatic carbocycles. The monoisotopic (exact) mass is 229 g/mol. The van der Waals surface area contributed by atoms with Crippen LogP contribution in [0.2, 0.25) is 0 Å². The molecule has 0 bridgehead atoms. The minimum Gasteiger partial charge on any atom is -0.409 e. The molecule has 0 spiro atoms. The summed E-state index contributed by atoms with van der Waals surface area (Å²) in [5.74, 6) is -0.934. The molecule has 0 aliphatic heterocycles. The van der Waals surface area contributed by atoms with Gasteiger partial charge in [0.15, 0.2) is 5.84 Å². The van der Waals surface area contributed by atoms with E-state index in [1.807, 2.05) is 0 Å². The smallest absolute Gasteiger partial charge is 0.230 e. The standard InChI is InChI=1S/C10H19N3O3/c1-6(9(11)13-15)10(14)12-7-4-3-5-8(7)16-2/h6-8,15H,3-5H2,1-2H3,(H2,11,13)(H,12,14). The first-order chi connectivity index (χ1) is 7.60. The first kappa shape index (κ1) is 12.8. The number of amidine groups is 1. The molecule has 0 aromatic heterocycles. The highest BCUT2D eigenvalue weighted by Crippen LogP contribution is 2.21. The maximum atomic E-state index is 11.7. The van der Waals surface area contributed by atoms with Gasteiger partial charge in [0.25, 0.3) is 0 Å². The number of methoxy groups -OCH3 is 1. The molecule has 1 rings (SSSR count). The van der Waals surface area contributed by atoms with Gasteiger partial charge in [-0.2, -0.15) is 0 Å². The number of nitrogens with two attached hydrogens (primary N) is 1. The molecule has 0 saturated heterocycles. The highest BCUT2D eigenvalue weighted by Gasteiger charge is 2.30. The Balaban J connectivity index is 2.51. The lowest BCUT2D eigenvalue weighted by atomic mass is 10.1. The molecular formula is C10H19N3O3. The van der Waals surface area contributed by atoms with E-state index in [2.05, 4.69) is 10.5 Å². The number of carbonyl (C=O) groups is 1. The molecule has 6 nitrogen and oxygen atoms in total. The molecular weight excluding hydrogens is 210 g/mol. The predicted octanol–water partition coefficient (Wildman–Crippen LogP) is 0.0526. The summed E-state index contributed by atoms with van der Waals surface area (Å²) >= 11 is 0. The number of carbonyl (C=O) groups excluding carboxylic acids is 1. The van der Waals surface area contributed by atoms with Gasteiger partial charge in [-0.25, -0.2) is 0 Å². The van der Waals surface area contributed by atoms with Crippen LogP contribution in [-0.4, -0.2) is 36.2 Å². The van der Waals surface area contributed by atoms with Crippen molar-refractivity contribution in [1.29, 1.82) is 0 Å². The highest BCUT2D eigenvalue weighted by molar-refractivity contribution is 6.01. The second-order valence-corrected chi connectivity index (χ2v) is 4.07. The third kappa shape index (κ3) is 2.85. The van der Waals surface area contributed by atoms with E-state index in [-0.39, 0.29) is 23.9 Å². The van der Waals surface area contributed by atoms with Crippen molar-refractivity contribution in [3.63, 3.8) is 0 Å². The van der Waals surface area contributed by atoms with Gasteiger partial charge in [-0.05, 0) is 26.2 Å². The van der Waals surface area contributed by atoms with Crippen molar-refractivity contribution in [3.8, 4) is 0 Å². The molecule has 0 aromatic rings. The predicted molar refractivity (Wildman–Crippen MR) is 59.2 cm³/mol. The molecule has 1 amide bonds. The van der Waals surface area contributed by atoms with Gasteiger partial charge in [0.1, 0.15) is 0 Å². The lowest BCUT2D eigenvalue weighted by molar-refractivity contribution is -0.124. The fourth-order valence-corrected chi connectivity index (χ4v) is 1.90. The molecule has 4 N–H and O–H groups in total. The van der Waals surface area contributed by atoms with Crippen LogP contribution >= 0.6 is 0 Å². The maximum Gasteiger partial charge on any atom is 0.230 e. The van der Waals surface area contributed by atoms with Gasteiger partial charge in [-0.1, -0.05) is 5.16 Å². The topological polar surface area (TPSA) is 96.9 Å². The van der Waals surface area contributed by atoms with E-state index in [4.69, 9.17) is 15.7 Å². The average molecular weight is 229 g/mol. The van der Waals surface area contributed by atoms with E-state index in [0.29, 0.717) is 0 Å². The van der Waals surface area contributed by atoms with Crippen molar-refractivity contribution in [2.45, 2.75) is 38.3 Å². The number of hydrogen-bond donors (Lipinski definition) is 3. The lowest BCUT2D eigenvalue weighted by Gasteiger charge is -2.21. The average Bonchev–Trinajstić information content (AvgIpc) is 2.74. The van der Waals surface area contributed by atoms with Gasteiger partial charge in [0, 0.05) is 7.11 Å². The largest absolute Gasteiger partial charge is 0.409 e. The quantitative estimate of drug-likeness (QED) is 0.275. The van der Waals surface area contributed by atoms with Crippen molar-refractivity contribution >= 4 is 11.7 Å². The second kappa shape index (κ2) is 5.69. The van der Waals surface area contributed by atoms with Crippen molar-refractivity contribution in [3.05, 3.63) is 0 Å². The fourth-order valence-electron chi connectivity index (χ4n) is 1.90. The normalized spacial score (nSPS) is 27.8. The van der Waals surface area contributed by atoms with E-state index >= 15 is 0 Å². The zero-order valence-electron chi connectivity index (χ0n) is 9.64. The third-order valence-electron chi connectivity index (χ3n) is 3.04. The Morgan fingerprint density at radius 1 is 1.62 bits per heavy atom. The zero-order chi connectivity index (χ0) is 12.1. The molecule has 0 aromatic carbocycles. The molecule has 3 unspecified atom stereocenters. The Morgan fingerprint density at radius 2 is 2.31 bits per heavy atom. The summed E-state index contributed by atoms with van der Waals surface area (Å²) in [5.41, 5.74) is 5.37. The Hall–Kier alpha value is -1.30. The summed E-state index contributed by atoms with van der Waals surface area (Å²) in [7, 11) is 1.64. The molecule has 1 fully saturated rings. The second-order valence-electron chi connectivity index (χ2n) is 4.07. The van der Waals surface area contributed by atoms with Crippen LogP contribution in [0.1, 0.15) is 26.2 Å². The third-order valence-corrected chi connectivity index (χ3v) is 3.04. The summed E-state index contributed by atoms with van der Waals surface area (Å²) in [4.78, 5) is 11.7. The Labute approximate surface area is 94.8 Å². The molecule has 1 saturated carbocycles. The molecule has 0 radical (unpaired) electrons. The van der Waals surface area contributed by atoms with Gasteiger partial charge in [0.2, 0.25) is 5.91 Å². The number of oxime groups is 1. The van der Waals surface area contributed by atoms with Gasteiger partial charge < -0.3 is 21.0 Å². The van der Waals surface area contributed by atoms with Crippen LogP contribution in [0, 0.1) is 5.92 Å².